The highest BCUT2D eigenvalue weighted by atomic mass is 32.2. The first kappa shape index (κ1) is 9.65. The lowest BCUT2D eigenvalue weighted by Gasteiger charge is -2.19. The maximum absolute atomic E-state index is 12.8. The summed E-state index contributed by atoms with van der Waals surface area (Å²) in [6.07, 6.45) is 1.98. The van der Waals surface area contributed by atoms with E-state index in [-0.39, 0.29) is 10.5 Å². The Hall–Kier alpha value is -0.900. The molecule has 0 bridgehead atoms. The van der Waals surface area contributed by atoms with Crippen LogP contribution in [0.5, 0.6) is 0 Å². The minimum absolute atomic E-state index is 0.181. The van der Waals surface area contributed by atoms with Gasteiger partial charge in [0, 0.05) is 9.88 Å². The molecule has 1 heterocycles. The van der Waals surface area contributed by atoms with E-state index in [2.05, 4.69) is 0 Å². The molecule has 76 valence electrons. The van der Waals surface area contributed by atoms with Gasteiger partial charge in [-0.3, -0.25) is 4.90 Å². The van der Waals surface area contributed by atoms with Gasteiger partial charge in [0.05, 0.1) is 5.69 Å². The number of alkyl halides is 2. The fourth-order valence-corrected chi connectivity index (χ4v) is 3.19. The molecule has 1 aliphatic rings. The fraction of sp³-hybridized carbons (Fsp3) is 0.300. The molecule has 1 aliphatic heterocycles. The third-order valence-corrected chi connectivity index (χ3v) is 4.52. The molecule has 14 heavy (non-hydrogen) atoms. The Morgan fingerprint density at radius 2 is 1.93 bits per heavy atom. The molecule has 2 rings (SSSR count). The summed E-state index contributed by atoms with van der Waals surface area (Å²) < 4.78 is 25.5. The molecule has 1 atom stereocenters. The summed E-state index contributed by atoms with van der Waals surface area (Å²) in [4.78, 5) is 2.89. The lowest BCUT2D eigenvalue weighted by atomic mass is 10.3. The molecule has 0 fully saturated rings. The zero-order chi connectivity index (χ0) is 10.3. The van der Waals surface area contributed by atoms with Crippen LogP contribution < -0.4 is 4.90 Å². The van der Waals surface area contributed by atoms with Crippen molar-refractivity contribution in [2.24, 2.45) is 0 Å². The highest BCUT2D eigenvalue weighted by molar-refractivity contribution is 8.16. The second-order valence-corrected chi connectivity index (χ2v) is 5.20. The van der Waals surface area contributed by atoms with Crippen molar-refractivity contribution in [1.82, 2.24) is 0 Å². The first-order valence-electron chi connectivity index (χ1n) is 4.29. The third-order valence-electron chi connectivity index (χ3n) is 2.43. The summed E-state index contributed by atoms with van der Waals surface area (Å²) in [7, 11) is -0.181. The molecule has 0 radical (unpaired) electrons. The van der Waals surface area contributed by atoms with Crippen molar-refractivity contribution in [2.45, 2.75) is 18.4 Å². The van der Waals surface area contributed by atoms with Gasteiger partial charge in [-0.1, -0.05) is 12.1 Å². The monoisotopic (exact) mass is 215 g/mol. The van der Waals surface area contributed by atoms with E-state index in [1.807, 2.05) is 18.4 Å². The van der Waals surface area contributed by atoms with E-state index >= 15 is 0 Å². The molecular formula is C10H11F2NS. The highest BCUT2D eigenvalue weighted by Gasteiger charge is 2.28. The van der Waals surface area contributed by atoms with Crippen LogP contribution in [0.3, 0.4) is 0 Å². The Morgan fingerprint density at radius 1 is 1.29 bits per heavy atom. The van der Waals surface area contributed by atoms with E-state index in [4.69, 9.17) is 0 Å². The number of fused-ring (bicyclic) bond motifs is 1. The van der Waals surface area contributed by atoms with Crippen molar-refractivity contribution >= 4 is 21.2 Å². The second kappa shape index (κ2) is 3.35. The standard InChI is InChI=1S/C10H11F2NS/c1-7-13(10(11)12)8-5-3-4-6-9(8)14(7)2/h3-6,10H,1-2H3. The largest absolute Gasteiger partial charge is 0.319 e. The number of para-hydroxylation sites is 1. The van der Waals surface area contributed by atoms with Crippen LogP contribution >= 0.6 is 10.5 Å². The maximum atomic E-state index is 12.8. The van der Waals surface area contributed by atoms with Gasteiger partial charge in [0.25, 0.3) is 0 Å². The minimum atomic E-state index is -2.44. The van der Waals surface area contributed by atoms with Crippen molar-refractivity contribution in [2.75, 3.05) is 11.2 Å². The van der Waals surface area contributed by atoms with E-state index in [0.717, 1.165) is 14.8 Å². The molecule has 0 aromatic heterocycles. The summed E-state index contributed by atoms with van der Waals surface area (Å²) in [6, 6.07) is 7.36. The SMILES string of the molecule is CC1=S(C)c2ccccc2N1C(F)F. The van der Waals surface area contributed by atoms with Gasteiger partial charge in [0.15, 0.2) is 0 Å². The predicted octanol–water partition coefficient (Wildman–Crippen LogP) is 3.14. The van der Waals surface area contributed by atoms with Crippen molar-refractivity contribution in [1.29, 1.82) is 0 Å². The molecule has 0 amide bonds. The second-order valence-electron chi connectivity index (χ2n) is 3.14. The quantitative estimate of drug-likeness (QED) is 0.514. The third kappa shape index (κ3) is 1.25. The van der Waals surface area contributed by atoms with Gasteiger partial charge in [-0.25, -0.2) is 0 Å². The van der Waals surface area contributed by atoms with Gasteiger partial charge in [0.1, 0.15) is 0 Å². The predicted molar refractivity (Wildman–Crippen MR) is 57.4 cm³/mol. The average Bonchev–Trinajstić information content (AvgIpc) is 2.41. The maximum Gasteiger partial charge on any atom is 0.319 e. The number of rotatable bonds is 1. The molecule has 0 N–H and O–H groups in total. The molecule has 0 saturated heterocycles. The van der Waals surface area contributed by atoms with Gasteiger partial charge in [-0.05, 0) is 25.3 Å². The molecule has 1 aromatic carbocycles. The smallest absolute Gasteiger partial charge is 0.283 e. The summed E-state index contributed by atoms with van der Waals surface area (Å²) in [5, 5.41) is 0. The summed E-state index contributed by atoms with van der Waals surface area (Å²) >= 11 is 0. The van der Waals surface area contributed by atoms with Gasteiger partial charge >= 0.3 is 6.55 Å². The molecule has 1 unspecified atom stereocenters. The molecule has 0 aliphatic carbocycles. The normalized spacial score (nSPS) is 20.5. The van der Waals surface area contributed by atoms with E-state index in [0.29, 0.717) is 5.69 Å². The van der Waals surface area contributed by atoms with Crippen LogP contribution in [0.1, 0.15) is 6.92 Å². The number of anilines is 1. The van der Waals surface area contributed by atoms with Crippen LogP contribution in [-0.4, -0.2) is 17.8 Å². The Bertz CT molecular complexity index is 401. The van der Waals surface area contributed by atoms with Gasteiger partial charge in [-0.2, -0.15) is 8.78 Å². The zero-order valence-electron chi connectivity index (χ0n) is 8.00. The number of benzene rings is 1. The number of halogens is 2. The Labute approximate surface area is 84.3 Å². The Kier molecular flexibility index (Phi) is 2.31. The van der Waals surface area contributed by atoms with Crippen molar-refractivity contribution in [3.05, 3.63) is 24.3 Å². The van der Waals surface area contributed by atoms with E-state index in [9.17, 15) is 8.78 Å². The first-order valence-corrected chi connectivity index (χ1v) is 5.92. The van der Waals surface area contributed by atoms with E-state index in [1.165, 1.54) is 0 Å². The Balaban J connectivity index is 2.58. The first-order chi connectivity index (χ1) is 6.63. The zero-order valence-corrected chi connectivity index (χ0v) is 8.81. The highest BCUT2D eigenvalue weighted by Crippen LogP contribution is 2.42. The average molecular weight is 215 g/mol. The fourth-order valence-electron chi connectivity index (χ4n) is 1.63. The van der Waals surface area contributed by atoms with Crippen LogP contribution in [0.2, 0.25) is 0 Å². The molecule has 0 saturated carbocycles. The van der Waals surface area contributed by atoms with Crippen LogP contribution in [0.4, 0.5) is 14.5 Å². The van der Waals surface area contributed by atoms with Gasteiger partial charge < -0.3 is 0 Å². The summed E-state index contributed by atoms with van der Waals surface area (Å²) in [5.74, 6) is 0. The van der Waals surface area contributed by atoms with Crippen molar-refractivity contribution < 1.29 is 8.78 Å². The molecule has 4 heteroatoms. The number of hydrogen-bond acceptors (Lipinski definition) is 1. The van der Waals surface area contributed by atoms with Gasteiger partial charge in [0.2, 0.25) is 0 Å². The molecule has 0 spiro atoms. The van der Waals surface area contributed by atoms with Crippen LogP contribution in [0.15, 0.2) is 29.2 Å². The molecular weight excluding hydrogens is 204 g/mol. The lowest BCUT2D eigenvalue weighted by molar-refractivity contribution is 0.159. The van der Waals surface area contributed by atoms with Crippen molar-refractivity contribution in [3.63, 3.8) is 0 Å². The number of hydrogen-bond donors (Lipinski definition) is 0. The summed E-state index contributed by atoms with van der Waals surface area (Å²) in [6.45, 7) is -0.663. The topological polar surface area (TPSA) is 3.24 Å². The minimum Gasteiger partial charge on any atom is -0.283 e. The Morgan fingerprint density at radius 3 is 2.57 bits per heavy atom. The van der Waals surface area contributed by atoms with Crippen molar-refractivity contribution in [3.8, 4) is 0 Å². The summed E-state index contributed by atoms with van der Waals surface area (Å²) in [5.41, 5.74) is 0.658. The molecule has 1 aromatic rings. The van der Waals surface area contributed by atoms with E-state index in [1.54, 1.807) is 19.1 Å². The lowest BCUT2D eigenvalue weighted by Crippen LogP contribution is -2.30. The van der Waals surface area contributed by atoms with Crippen LogP contribution in [0, 0.1) is 0 Å². The molecule has 1 nitrogen and oxygen atoms in total. The van der Waals surface area contributed by atoms with Crippen LogP contribution in [-0.2, 0) is 0 Å². The van der Waals surface area contributed by atoms with E-state index < -0.39 is 6.55 Å². The number of nitrogens with zero attached hydrogens (tertiary/aromatic N) is 1. The van der Waals surface area contributed by atoms with Gasteiger partial charge in [-0.15, -0.1) is 10.5 Å². The van der Waals surface area contributed by atoms with Crippen LogP contribution in [0.25, 0.3) is 0 Å².